The standard InChI is InChI=1S/C13H9.C8H8.C5H5.2ClH.Hf/c1-3-7-12-10(5-1)9-11-6-2-4-8-13(11)12;1-2-8-6-4-3-5-7-8;1-2-4-5-3-1;;;/h1-5,7-8H,9H2;3-7H,1H3;1-3H,4H2;2*1H;/q;;;;;+2/p-2. The van der Waals surface area contributed by atoms with Gasteiger partial charge in [0, 0.05) is 0 Å². The van der Waals surface area contributed by atoms with E-state index in [4.69, 9.17) is 0 Å². The molecule has 0 spiro atoms. The van der Waals surface area contributed by atoms with Gasteiger partial charge in [-0.05, 0) is 0 Å². The first kappa shape index (κ1) is 22.2. The Morgan fingerprint density at radius 2 is 1.52 bits per heavy atom. The van der Waals surface area contributed by atoms with Gasteiger partial charge in [0.2, 0.25) is 0 Å². The van der Waals surface area contributed by atoms with E-state index >= 15 is 0 Å². The third-order valence-electron chi connectivity index (χ3n) is 5.79. The Morgan fingerprint density at radius 1 is 0.793 bits per heavy atom. The number of fused-ring (bicyclic) bond motifs is 3. The Labute approximate surface area is 193 Å². The van der Waals surface area contributed by atoms with Gasteiger partial charge in [-0.3, -0.25) is 0 Å². The van der Waals surface area contributed by atoms with Gasteiger partial charge >= 0.3 is 169 Å². The van der Waals surface area contributed by atoms with Gasteiger partial charge in [-0.2, -0.15) is 0 Å². The van der Waals surface area contributed by atoms with Gasteiger partial charge in [0.05, 0.1) is 0 Å². The van der Waals surface area contributed by atoms with E-state index in [2.05, 4.69) is 97.9 Å². The van der Waals surface area contributed by atoms with Crippen LogP contribution < -0.4 is 28.1 Å². The largest absolute Gasteiger partial charge is 1.00 e. The molecule has 3 aromatic carbocycles. The van der Waals surface area contributed by atoms with Crippen molar-refractivity contribution in [2.75, 3.05) is 0 Å². The summed E-state index contributed by atoms with van der Waals surface area (Å²) in [6.45, 7) is 2.40. The SMILES string of the molecule is C[C](c1ccccc1)=[Hf+2]([C]1=CC=CC1)[c]1cccc2c1Cc1ccccc1-2.[Cl-].[Cl-]. The molecular weight excluding hydrogens is 562 g/mol. The van der Waals surface area contributed by atoms with Gasteiger partial charge in [0.1, 0.15) is 0 Å². The normalized spacial score (nSPS) is 13.6. The predicted octanol–water partition coefficient (Wildman–Crippen LogP) is -0.406. The van der Waals surface area contributed by atoms with Crippen LogP contribution in [-0.2, 0) is 27.4 Å². The molecule has 0 bridgehead atoms. The second-order valence-electron chi connectivity index (χ2n) is 7.36. The minimum atomic E-state index is -2.37. The maximum atomic E-state index is 2.44. The number of allylic oxidation sites excluding steroid dienone is 4. The average molecular weight is 584 g/mol. The summed E-state index contributed by atoms with van der Waals surface area (Å²) in [6, 6.07) is 27.1. The fourth-order valence-corrected chi connectivity index (χ4v) is 15.5. The van der Waals surface area contributed by atoms with Crippen LogP contribution in [0.2, 0.25) is 0 Å². The van der Waals surface area contributed by atoms with Crippen molar-refractivity contribution >= 4 is 6.58 Å². The molecule has 0 fully saturated rings. The average Bonchev–Trinajstić information content (AvgIpc) is 3.37. The number of rotatable bonds is 3. The van der Waals surface area contributed by atoms with Crippen LogP contribution in [0.15, 0.2) is 94.4 Å². The van der Waals surface area contributed by atoms with Crippen LogP contribution >= 0.6 is 0 Å². The summed E-state index contributed by atoms with van der Waals surface area (Å²) >= 11 is -2.37. The molecule has 0 N–H and O–H groups in total. The Kier molecular flexibility index (Phi) is 7.27. The molecule has 0 saturated heterocycles. The summed E-state index contributed by atoms with van der Waals surface area (Å²) in [7, 11) is 0. The smallest absolute Gasteiger partial charge is 1.00 e. The zero-order chi connectivity index (χ0) is 18.2. The Hall–Kier alpha value is -1.54. The Balaban J connectivity index is 0.00000120. The molecule has 0 aliphatic heterocycles. The van der Waals surface area contributed by atoms with E-state index in [1.807, 2.05) is 0 Å². The minimum absolute atomic E-state index is 0. The summed E-state index contributed by atoms with van der Waals surface area (Å²) in [5, 5.41) is 0. The van der Waals surface area contributed by atoms with Crippen molar-refractivity contribution in [2.45, 2.75) is 19.8 Å². The molecule has 0 unspecified atom stereocenters. The van der Waals surface area contributed by atoms with E-state index in [0.29, 0.717) is 0 Å². The maximum absolute atomic E-state index is 2.44. The van der Waals surface area contributed by atoms with Gasteiger partial charge in [0.15, 0.2) is 0 Å². The van der Waals surface area contributed by atoms with Crippen molar-refractivity contribution in [3.63, 3.8) is 0 Å². The molecule has 3 heteroatoms. The Morgan fingerprint density at radius 3 is 2.28 bits per heavy atom. The van der Waals surface area contributed by atoms with Gasteiger partial charge in [-0.15, -0.1) is 0 Å². The topological polar surface area (TPSA) is 0 Å². The van der Waals surface area contributed by atoms with Crippen molar-refractivity contribution in [1.29, 1.82) is 0 Å². The number of hydrogen-bond donors (Lipinski definition) is 0. The molecule has 2 aliphatic rings. The zero-order valence-electron chi connectivity index (χ0n) is 16.3. The second-order valence-corrected chi connectivity index (χ2v) is 17.0. The summed E-state index contributed by atoms with van der Waals surface area (Å²) in [5.41, 5.74) is 7.43. The Bertz CT molecular complexity index is 1120. The summed E-state index contributed by atoms with van der Waals surface area (Å²) in [4.78, 5) is 0. The van der Waals surface area contributed by atoms with Crippen molar-refractivity contribution in [3.05, 3.63) is 111 Å². The first-order chi connectivity index (χ1) is 13.3. The molecule has 0 amide bonds. The molecule has 144 valence electrons. The molecule has 5 rings (SSSR count). The van der Waals surface area contributed by atoms with E-state index in [-0.39, 0.29) is 24.8 Å². The molecule has 0 radical (unpaired) electrons. The molecule has 0 saturated carbocycles. The molecular formula is C26H22Cl2Hf. The number of halogens is 2. The fourth-order valence-electron chi connectivity index (χ4n) is 4.47. The second kappa shape index (κ2) is 9.51. The van der Waals surface area contributed by atoms with Crippen molar-refractivity contribution < 1.29 is 45.8 Å². The first-order valence-electron chi connectivity index (χ1n) is 9.66. The molecule has 0 nitrogen and oxygen atoms in total. The van der Waals surface area contributed by atoms with E-state index in [1.165, 1.54) is 22.3 Å². The molecule has 0 aromatic heterocycles. The summed E-state index contributed by atoms with van der Waals surface area (Å²) in [5.74, 6) is 0. The molecule has 29 heavy (non-hydrogen) atoms. The monoisotopic (exact) mass is 584 g/mol. The van der Waals surface area contributed by atoms with Crippen LogP contribution in [0.5, 0.6) is 0 Å². The van der Waals surface area contributed by atoms with E-state index < -0.39 is 21.0 Å². The quantitative estimate of drug-likeness (QED) is 0.288. The van der Waals surface area contributed by atoms with Crippen LogP contribution in [0.1, 0.15) is 30.0 Å². The van der Waals surface area contributed by atoms with E-state index in [9.17, 15) is 0 Å². The van der Waals surface area contributed by atoms with Crippen molar-refractivity contribution in [1.82, 2.24) is 0 Å². The van der Waals surface area contributed by atoms with Crippen LogP contribution in [-0.4, -0.2) is 3.26 Å². The summed E-state index contributed by atoms with van der Waals surface area (Å²) < 4.78 is 5.05. The first-order valence-corrected chi connectivity index (χ1v) is 15.0. The van der Waals surface area contributed by atoms with Crippen LogP contribution in [0.3, 0.4) is 0 Å². The number of benzene rings is 3. The van der Waals surface area contributed by atoms with Gasteiger partial charge in [-0.1, -0.05) is 0 Å². The fraction of sp³-hybridized carbons (Fsp3) is 0.115. The molecule has 2 aliphatic carbocycles. The van der Waals surface area contributed by atoms with Crippen molar-refractivity contribution in [2.24, 2.45) is 0 Å². The third-order valence-corrected chi connectivity index (χ3v) is 16.8. The predicted molar refractivity (Wildman–Crippen MR) is 112 cm³/mol. The minimum Gasteiger partial charge on any atom is -1.00 e. The van der Waals surface area contributed by atoms with Crippen LogP contribution in [0.4, 0.5) is 0 Å². The molecule has 0 heterocycles. The number of hydrogen-bond acceptors (Lipinski definition) is 0. The van der Waals surface area contributed by atoms with Gasteiger partial charge in [-0.25, -0.2) is 0 Å². The summed E-state index contributed by atoms with van der Waals surface area (Å²) in [6.07, 6.45) is 9.24. The van der Waals surface area contributed by atoms with E-state index in [0.717, 1.165) is 12.8 Å². The van der Waals surface area contributed by atoms with Gasteiger partial charge in [0.25, 0.3) is 0 Å². The molecule has 0 atom stereocenters. The van der Waals surface area contributed by atoms with Crippen LogP contribution in [0.25, 0.3) is 11.1 Å². The third kappa shape index (κ3) is 4.06. The van der Waals surface area contributed by atoms with Crippen LogP contribution in [0, 0.1) is 0 Å². The molecule has 3 aromatic rings. The van der Waals surface area contributed by atoms with E-state index in [1.54, 1.807) is 15.5 Å². The maximum Gasteiger partial charge on any atom is -1.00 e. The van der Waals surface area contributed by atoms with Gasteiger partial charge < -0.3 is 24.8 Å². The van der Waals surface area contributed by atoms with Crippen molar-refractivity contribution in [3.8, 4) is 11.1 Å². The zero-order valence-corrected chi connectivity index (χ0v) is 21.4.